The van der Waals surface area contributed by atoms with Gasteiger partial charge in [0.1, 0.15) is 0 Å². The van der Waals surface area contributed by atoms with E-state index in [2.05, 4.69) is 31.8 Å². The van der Waals surface area contributed by atoms with E-state index in [1.54, 1.807) is 0 Å². The van der Waals surface area contributed by atoms with Gasteiger partial charge in [-0.25, -0.2) is 0 Å². The molecule has 0 amide bonds. The summed E-state index contributed by atoms with van der Waals surface area (Å²) in [5.41, 5.74) is 0. The van der Waals surface area contributed by atoms with Crippen LogP contribution in [0, 0.1) is 0 Å². The molecule has 0 radical (unpaired) electrons. The number of hydrogen-bond donors (Lipinski definition) is 1. The van der Waals surface area contributed by atoms with Gasteiger partial charge < -0.3 is 6.16 Å². The van der Waals surface area contributed by atoms with Crippen LogP contribution in [0.2, 0.25) is 0 Å². The third kappa shape index (κ3) is 16.5. The van der Waals surface area contributed by atoms with Crippen molar-refractivity contribution in [2.45, 2.75) is 45.4 Å². The zero-order chi connectivity index (χ0) is 9.23. The molecular weight excluding hydrogens is 227 g/mol. The average Bonchev–Trinajstić information content (AvgIpc) is 2.02. The molecule has 1 nitrogen and oxygen atoms in total. The number of hydrogen-bond acceptors (Lipinski definition) is 2. The molecule has 13 heavy (non-hydrogen) atoms. The van der Waals surface area contributed by atoms with E-state index in [1.807, 2.05) is 0 Å². The quantitative estimate of drug-likeness (QED) is 0.306. The molecule has 0 spiro atoms. The number of thiol groups is 1. The SMILES string of the molecule is CCCCCCCCOC(=S)S.[H-].[K+]. The van der Waals surface area contributed by atoms with E-state index in [4.69, 9.17) is 4.74 Å². The van der Waals surface area contributed by atoms with Gasteiger partial charge in [0.25, 0.3) is 0 Å². The van der Waals surface area contributed by atoms with Gasteiger partial charge in [-0.3, -0.25) is 0 Å². The number of unbranched alkanes of at least 4 members (excludes halogenated alkanes) is 5. The molecule has 4 heteroatoms. The molecule has 0 aromatic rings. The number of thiocarbonyl (C=S) groups is 1. The van der Waals surface area contributed by atoms with Crippen LogP contribution in [0.4, 0.5) is 0 Å². The first-order valence-corrected chi connectivity index (χ1v) is 5.48. The Kier molecular flexibility index (Phi) is 18.4. The van der Waals surface area contributed by atoms with Crippen LogP contribution in [0.3, 0.4) is 0 Å². The van der Waals surface area contributed by atoms with Gasteiger partial charge in [0, 0.05) is 0 Å². The van der Waals surface area contributed by atoms with Crippen molar-refractivity contribution in [3.63, 3.8) is 0 Å². The molecule has 0 saturated heterocycles. The molecule has 74 valence electrons. The van der Waals surface area contributed by atoms with E-state index in [0.29, 0.717) is 4.38 Å². The van der Waals surface area contributed by atoms with Crippen LogP contribution in [0.15, 0.2) is 0 Å². The fourth-order valence-corrected chi connectivity index (χ4v) is 1.22. The molecule has 0 rings (SSSR count). The summed E-state index contributed by atoms with van der Waals surface area (Å²) in [7, 11) is 0. The Bertz CT molecular complexity index is 125. The molecule has 0 N–H and O–H groups in total. The first kappa shape index (κ1) is 17.3. The van der Waals surface area contributed by atoms with Crippen molar-refractivity contribution in [2.24, 2.45) is 0 Å². The van der Waals surface area contributed by atoms with E-state index in [9.17, 15) is 0 Å². The van der Waals surface area contributed by atoms with Gasteiger partial charge in [-0.15, -0.1) is 0 Å². The molecule has 0 aromatic carbocycles. The van der Waals surface area contributed by atoms with Crippen molar-refractivity contribution >= 4 is 29.2 Å². The molecule has 0 fully saturated rings. The minimum Gasteiger partial charge on any atom is -1.00 e. The Morgan fingerprint density at radius 1 is 1.23 bits per heavy atom. The summed E-state index contributed by atoms with van der Waals surface area (Å²) >= 11 is 8.52. The summed E-state index contributed by atoms with van der Waals surface area (Å²) in [4.78, 5) is 0. The van der Waals surface area contributed by atoms with Crippen molar-refractivity contribution in [1.82, 2.24) is 0 Å². The fourth-order valence-electron chi connectivity index (χ4n) is 1.04. The second kappa shape index (κ2) is 13.9. The second-order valence-corrected chi connectivity index (χ2v) is 3.96. The van der Waals surface area contributed by atoms with Crippen molar-refractivity contribution in [3.05, 3.63) is 0 Å². The molecule has 0 aliphatic carbocycles. The third-order valence-electron chi connectivity index (χ3n) is 1.72. The first-order chi connectivity index (χ1) is 5.77. The topological polar surface area (TPSA) is 9.23 Å². The maximum Gasteiger partial charge on any atom is 1.00 e. The van der Waals surface area contributed by atoms with Gasteiger partial charge in [-0.1, -0.05) is 51.7 Å². The Hall–Kier alpha value is 1.88. The Balaban J connectivity index is -0.000000605. The summed E-state index contributed by atoms with van der Waals surface area (Å²) in [6, 6.07) is 0. The predicted molar refractivity (Wildman–Crippen MR) is 62.0 cm³/mol. The molecule has 0 saturated carbocycles. The summed E-state index contributed by atoms with van der Waals surface area (Å²) in [6.45, 7) is 2.96. The average molecular weight is 246 g/mol. The summed E-state index contributed by atoms with van der Waals surface area (Å²) in [5.74, 6) is 0. The minimum absolute atomic E-state index is 0. The van der Waals surface area contributed by atoms with Gasteiger partial charge in [0.05, 0.1) is 6.61 Å². The van der Waals surface area contributed by atoms with Crippen LogP contribution < -0.4 is 51.4 Å². The number of ether oxygens (including phenoxy) is 1. The van der Waals surface area contributed by atoms with Crippen molar-refractivity contribution in [1.29, 1.82) is 0 Å². The van der Waals surface area contributed by atoms with Crippen LogP contribution in [-0.4, -0.2) is 11.0 Å². The normalized spacial score (nSPS) is 9.08. The second-order valence-electron chi connectivity index (χ2n) is 2.88. The minimum atomic E-state index is 0. The predicted octanol–water partition coefficient (Wildman–Crippen LogP) is 0.695. The summed E-state index contributed by atoms with van der Waals surface area (Å²) < 4.78 is 5.41. The molecule has 0 unspecified atom stereocenters. The van der Waals surface area contributed by atoms with Crippen molar-refractivity contribution in [2.75, 3.05) is 6.61 Å². The summed E-state index contributed by atoms with van der Waals surface area (Å²) in [5, 5.41) is 0. The van der Waals surface area contributed by atoms with Gasteiger partial charge in [-0.2, -0.15) is 0 Å². The van der Waals surface area contributed by atoms with E-state index < -0.39 is 0 Å². The fraction of sp³-hybridized carbons (Fsp3) is 0.889. The van der Waals surface area contributed by atoms with Gasteiger partial charge in [0.15, 0.2) is 0 Å². The van der Waals surface area contributed by atoms with Crippen molar-refractivity contribution < 1.29 is 57.5 Å². The molecular formula is C9H19KOS2. The smallest absolute Gasteiger partial charge is 1.00 e. The van der Waals surface area contributed by atoms with Gasteiger partial charge in [-0.05, 0) is 18.6 Å². The van der Waals surface area contributed by atoms with Crippen LogP contribution in [0.25, 0.3) is 0 Å². The maximum atomic E-state index is 5.04. The molecule has 0 atom stereocenters. The molecule has 0 bridgehead atoms. The zero-order valence-electron chi connectivity index (χ0n) is 9.71. The maximum absolute atomic E-state index is 5.04. The van der Waals surface area contributed by atoms with Gasteiger partial charge >= 0.3 is 51.4 Å². The number of rotatable bonds is 7. The Morgan fingerprint density at radius 3 is 2.31 bits per heavy atom. The molecule has 0 heterocycles. The monoisotopic (exact) mass is 246 g/mol. The van der Waals surface area contributed by atoms with Crippen LogP contribution >= 0.6 is 24.8 Å². The van der Waals surface area contributed by atoms with Crippen LogP contribution in [0.1, 0.15) is 46.9 Å². The zero-order valence-corrected chi connectivity index (χ0v) is 13.5. The Labute approximate surface area is 137 Å². The first-order valence-electron chi connectivity index (χ1n) is 4.63. The van der Waals surface area contributed by atoms with Crippen molar-refractivity contribution in [3.8, 4) is 0 Å². The van der Waals surface area contributed by atoms with E-state index >= 15 is 0 Å². The Morgan fingerprint density at radius 2 is 1.77 bits per heavy atom. The molecule has 0 aliphatic rings. The van der Waals surface area contributed by atoms with Crippen LogP contribution in [-0.2, 0) is 4.74 Å². The standard InChI is InChI=1S/C9H18OS2.K.H/c1-2-3-4-5-6-7-8-10-9(11)12;;/h2-8H2,1H3,(H,11,12);;/q;+1;-1. The molecule has 0 aliphatic heterocycles. The van der Waals surface area contributed by atoms with E-state index in [0.717, 1.165) is 13.0 Å². The van der Waals surface area contributed by atoms with Crippen LogP contribution in [0.5, 0.6) is 0 Å². The van der Waals surface area contributed by atoms with Gasteiger partial charge in [0.2, 0.25) is 4.38 Å². The molecule has 0 aromatic heterocycles. The van der Waals surface area contributed by atoms with E-state index in [-0.39, 0.29) is 52.8 Å². The summed E-state index contributed by atoms with van der Waals surface area (Å²) in [6.07, 6.45) is 7.67. The largest absolute Gasteiger partial charge is 1.00 e. The van der Waals surface area contributed by atoms with E-state index in [1.165, 1.54) is 32.1 Å². The third-order valence-corrected chi connectivity index (χ3v) is 1.97.